The number of carbonyl (C=O) groups excluding carboxylic acids is 1. The molecule has 0 bridgehead atoms. The van der Waals surface area contributed by atoms with E-state index in [0.717, 1.165) is 0 Å². The van der Waals surface area contributed by atoms with Crippen molar-refractivity contribution in [1.29, 1.82) is 0 Å². The van der Waals surface area contributed by atoms with Crippen molar-refractivity contribution in [3.8, 4) is 0 Å². The first-order valence-electron chi connectivity index (χ1n) is 5.51. The van der Waals surface area contributed by atoms with Crippen LogP contribution >= 0.6 is 0 Å². The maximum Gasteiger partial charge on any atom is 0.255 e. The van der Waals surface area contributed by atoms with E-state index in [2.05, 4.69) is 31.2 Å². The van der Waals surface area contributed by atoms with Crippen LogP contribution in [0.1, 0.15) is 31.1 Å². The van der Waals surface area contributed by atoms with Gasteiger partial charge in [-0.3, -0.25) is 15.6 Å². The molecule has 1 aromatic rings. The standard InChI is InChI=1S/C12H20N4O/c1-12(2,3)8-16(4)11(17)9-5-6-14-7-10(9)15-13/h5-7,15H,8,13H2,1-4H3. The quantitative estimate of drug-likeness (QED) is 0.616. The number of hydrazine groups is 1. The first-order chi connectivity index (χ1) is 7.85. The van der Waals surface area contributed by atoms with E-state index in [1.807, 2.05) is 0 Å². The lowest BCUT2D eigenvalue weighted by atomic mass is 9.96. The second-order valence-corrected chi connectivity index (χ2v) is 5.29. The maximum absolute atomic E-state index is 12.2. The Morgan fingerprint density at radius 3 is 2.71 bits per heavy atom. The monoisotopic (exact) mass is 236 g/mol. The number of hydrogen-bond acceptors (Lipinski definition) is 4. The van der Waals surface area contributed by atoms with E-state index in [0.29, 0.717) is 17.8 Å². The van der Waals surface area contributed by atoms with Crippen LogP contribution in [0.2, 0.25) is 0 Å². The van der Waals surface area contributed by atoms with Gasteiger partial charge in [0.05, 0.1) is 17.4 Å². The molecule has 0 atom stereocenters. The zero-order valence-corrected chi connectivity index (χ0v) is 10.8. The molecule has 0 unspecified atom stereocenters. The molecular formula is C12H20N4O. The van der Waals surface area contributed by atoms with Crippen molar-refractivity contribution in [3.63, 3.8) is 0 Å². The zero-order valence-electron chi connectivity index (χ0n) is 10.8. The summed E-state index contributed by atoms with van der Waals surface area (Å²) >= 11 is 0. The van der Waals surface area contributed by atoms with Gasteiger partial charge in [-0.25, -0.2) is 0 Å². The summed E-state index contributed by atoms with van der Waals surface area (Å²) in [5, 5.41) is 0. The summed E-state index contributed by atoms with van der Waals surface area (Å²) in [6.07, 6.45) is 3.12. The Balaban J connectivity index is 2.89. The van der Waals surface area contributed by atoms with Crippen LogP contribution in [0.15, 0.2) is 18.5 Å². The van der Waals surface area contributed by atoms with Gasteiger partial charge in [-0.2, -0.15) is 0 Å². The average Bonchev–Trinajstić information content (AvgIpc) is 2.25. The van der Waals surface area contributed by atoms with Crippen molar-refractivity contribution < 1.29 is 4.79 Å². The minimum Gasteiger partial charge on any atom is -0.341 e. The van der Waals surface area contributed by atoms with E-state index in [4.69, 9.17) is 5.84 Å². The number of rotatable bonds is 3. The predicted octanol–water partition coefficient (Wildman–Crippen LogP) is 1.49. The second-order valence-electron chi connectivity index (χ2n) is 5.29. The summed E-state index contributed by atoms with van der Waals surface area (Å²) in [4.78, 5) is 17.8. The molecule has 0 fully saturated rings. The van der Waals surface area contributed by atoms with Crippen molar-refractivity contribution in [2.75, 3.05) is 19.0 Å². The molecule has 0 aliphatic heterocycles. The van der Waals surface area contributed by atoms with Gasteiger partial charge in [0.1, 0.15) is 0 Å². The van der Waals surface area contributed by atoms with E-state index in [1.54, 1.807) is 24.2 Å². The third kappa shape index (κ3) is 3.71. The fraction of sp³-hybridized carbons (Fsp3) is 0.500. The maximum atomic E-state index is 12.2. The van der Waals surface area contributed by atoms with E-state index >= 15 is 0 Å². The molecule has 17 heavy (non-hydrogen) atoms. The Hall–Kier alpha value is -1.62. The van der Waals surface area contributed by atoms with Crippen molar-refractivity contribution in [2.45, 2.75) is 20.8 Å². The lowest BCUT2D eigenvalue weighted by Gasteiger charge is -2.27. The molecule has 5 heteroatoms. The summed E-state index contributed by atoms with van der Waals surface area (Å²) in [5.41, 5.74) is 3.62. The van der Waals surface area contributed by atoms with Crippen LogP contribution in [0.3, 0.4) is 0 Å². The molecule has 0 aliphatic rings. The van der Waals surface area contributed by atoms with Gasteiger partial charge in [-0.15, -0.1) is 0 Å². The lowest BCUT2D eigenvalue weighted by molar-refractivity contribution is 0.0746. The highest BCUT2D eigenvalue weighted by Gasteiger charge is 2.20. The number of nitrogen functional groups attached to an aromatic ring is 1. The zero-order chi connectivity index (χ0) is 13.1. The minimum absolute atomic E-state index is 0.0599. The van der Waals surface area contributed by atoms with Crippen LogP contribution in [0.25, 0.3) is 0 Å². The Morgan fingerprint density at radius 2 is 2.18 bits per heavy atom. The summed E-state index contributed by atoms with van der Waals surface area (Å²) in [7, 11) is 1.79. The van der Waals surface area contributed by atoms with Crippen LogP contribution in [-0.4, -0.2) is 29.4 Å². The largest absolute Gasteiger partial charge is 0.341 e. The van der Waals surface area contributed by atoms with Gasteiger partial charge in [0.25, 0.3) is 5.91 Å². The molecule has 1 aromatic heterocycles. The fourth-order valence-electron chi connectivity index (χ4n) is 1.68. The van der Waals surface area contributed by atoms with Gasteiger partial charge in [-0.05, 0) is 11.5 Å². The number of hydrogen-bond donors (Lipinski definition) is 2. The predicted molar refractivity (Wildman–Crippen MR) is 68.5 cm³/mol. The Kier molecular flexibility index (Phi) is 4.07. The third-order valence-electron chi connectivity index (χ3n) is 2.27. The fourth-order valence-corrected chi connectivity index (χ4v) is 1.68. The number of nitrogens with two attached hydrogens (primary N) is 1. The molecule has 5 nitrogen and oxygen atoms in total. The van der Waals surface area contributed by atoms with Crippen molar-refractivity contribution >= 4 is 11.6 Å². The topological polar surface area (TPSA) is 71.2 Å². The molecule has 3 N–H and O–H groups in total. The van der Waals surface area contributed by atoms with Crippen LogP contribution in [-0.2, 0) is 0 Å². The highest BCUT2D eigenvalue weighted by molar-refractivity contribution is 5.99. The van der Waals surface area contributed by atoms with Gasteiger partial charge in [0.15, 0.2) is 0 Å². The minimum atomic E-state index is -0.0599. The molecule has 0 aromatic carbocycles. The number of carbonyl (C=O) groups is 1. The van der Waals surface area contributed by atoms with Gasteiger partial charge in [0, 0.05) is 19.8 Å². The molecule has 1 rings (SSSR count). The first kappa shape index (κ1) is 13.4. The first-order valence-corrected chi connectivity index (χ1v) is 5.51. The third-order valence-corrected chi connectivity index (χ3v) is 2.27. The number of aromatic nitrogens is 1. The molecule has 1 heterocycles. The Morgan fingerprint density at radius 1 is 1.53 bits per heavy atom. The van der Waals surface area contributed by atoms with Crippen LogP contribution in [0.5, 0.6) is 0 Å². The number of pyridine rings is 1. The molecule has 94 valence electrons. The van der Waals surface area contributed by atoms with Crippen LogP contribution < -0.4 is 11.3 Å². The molecule has 0 saturated heterocycles. The number of amides is 1. The molecule has 1 amide bonds. The van der Waals surface area contributed by atoms with Gasteiger partial charge >= 0.3 is 0 Å². The van der Waals surface area contributed by atoms with Gasteiger partial charge < -0.3 is 10.3 Å². The molecule has 0 saturated carbocycles. The highest BCUT2D eigenvalue weighted by atomic mass is 16.2. The smallest absolute Gasteiger partial charge is 0.255 e. The average molecular weight is 236 g/mol. The Bertz CT molecular complexity index is 398. The number of anilines is 1. The van der Waals surface area contributed by atoms with E-state index < -0.39 is 0 Å². The summed E-state index contributed by atoms with van der Waals surface area (Å²) in [6.45, 7) is 6.94. The van der Waals surface area contributed by atoms with Crippen LogP contribution in [0.4, 0.5) is 5.69 Å². The summed E-state index contributed by atoms with van der Waals surface area (Å²) < 4.78 is 0. The molecule has 0 radical (unpaired) electrons. The van der Waals surface area contributed by atoms with Crippen molar-refractivity contribution in [3.05, 3.63) is 24.0 Å². The number of nitrogens with zero attached hydrogens (tertiary/aromatic N) is 2. The van der Waals surface area contributed by atoms with Crippen LogP contribution in [0, 0.1) is 5.41 Å². The SMILES string of the molecule is CN(CC(C)(C)C)C(=O)c1ccncc1NN. The van der Waals surface area contributed by atoms with E-state index in [9.17, 15) is 4.79 Å². The van der Waals surface area contributed by atoms with Gasteiger partial charge in [0.2, 0.25) is 0 Å². The van der Waals surface area contributed by atoms with Crippen molar-refractivity contribution in [1.82, 2.24) is 9.88 Å². The van der Waals surface area contributed by atoms with E-state index in [1.165, 1.54) is 6.20 Å². The van der Waals surface area contributed by atoms with Crippen molar-refractivity contribution in [2.24, 2.45) is 11.3 Å². The summed E-state index contributed by atoms with van der Waals surface area (Å²) in [5.74, 6) is 5.30. The van der Waals surface area contributed by atoms with Gasteiger partial charge in [-0.1, -0.05) is 20.8 Å². The second kappa shape index (κ2) is 5.14. The number of nitrogens with one attached hydrogen (secondary N) is 1. The lowest BCUT2D eigenvalue weighted by Crippen LogP contribution is -2.35. The summed E-state index contributed by atoms with van der Waals surface area (Å²) in [6, 6.07) is 1.66. The molecular weight excluding hydrogens is 216 g/mol. The highest BCUT2D eigenvalue weighted by Crippen LogP contribution is 2.18. The Labute approximate surface area is 102 Å². The normalized spacial score (nSPS) is 11.1. The molecule has 0 aliphatic carbocycles. The van der Waals surface area contributed by atoms with E-state index in [-0.39, 0.29) is 11.3 Å². The molecule has 0 spiro atoms.